The first-order valence-corrected chi connectivity index (χ1v) is 9.22. The van der Waals surface area contributed by atoms with Gasteiger partial charge in [0.2, 0.25) is 11.8 Å². The van der Waals surface area contributed by atoms with Crippen molar-refractivity contribution in [1.82, 2.24) is 10.6 Å². The van der Waals surface area contributed by atoms with Gasteiger partial charge in [-0.1, -0.05) is 19.1 Å². The molecule has 2 N–H and O–H groups in total. The maximum Gasteiger partial charge on any atom is 0.220 e. The topological polar surface area (TPSA) is 76.7 Å². The van der Waals surface area contributed by atoms with E-state index in [2.05, 4.69) is 10.6 Å². The van der Waals surface area contributed by atoms with Crippen molar-refractivity contribution in [2.24, 2.45) is 0 Å². The van der Waals surface area contributed by atoms with Gasteiger partial charge in [-0.3, -0.25) is 9.59 Å². The molecule has 0 unspecified atom stereocenters. The van der Waals surface area contributed by atoms with E-state index in [9.17, 15) is 9.59 Å². The number of carbonyl (C=O) groups excluding carboxylic acids is 2. The molecule has 0 saturated carbocycles. The molecule has 1 aliphatic rings. The van der Waals surface area contributed by atoms with Gasteiger partial charge in [0.1, 0.15) is 5.75 Å². The number of carbonyl (C=O) groups is 2. The lowest BCUT2D eigenvalue weighted by atomic mass is 9.85. The molecule has 1 aromatic carbocycles. The minimum absolute atomic E-state index is 0.00385. The van der Waals surface area contributed by atoms with E-state index >= 15 is 0 Å². The van der Waals surface area contributed by atoms with E-state index in [0.29, 0.717) is 32.3 Å². The molecule has 6 nitrogen and oxygen atoms in total. The molecule has 1 aliphatic heterocycles. The average molecular weight is 362 g/mol. The summed E-state index contributed by atoms with van der Waals surface area (Å²) >= 11 is 0. The molecule has 2 rings (SSSR count). The van der Waals surface area contributed by atoms with E-state index in [0.717, 1.165) is 24.2 Å². The Morgan fingerprint density at radius 1 is 1.31 bits per heavy atom. The number of hydrogen-bond acceptors (Lipinski definition) is 4. The van der Waals surface area contributed by atoms with Gasteiger partial charge < -0.3 is 20.1 Å². The van der Waals surface area contributed by atoms with Crippen LogP contribution in [0.2, 0.25) is 0 Å². The number of amides is 2. The SMILES string of the molecule is CC[C@@H](COC)NC(=O)CC[C@@]1(Cc2ccc(OC)cc2)CCC(=O)N1. The fourth-order valence-electron chi connectivity index (χ4n) is 3.43. The lowest BCUT2D eigenvalue weighted by Gasteiger charge is -2.29. The van der Waals surface area contributed by atoms with Crippen LogP contribution in [0.3, 0.4) is 0 Å². The van der Waals surface area contributed by atoms with Gasteiger partial charge in [0, 0.05) is 25.5 Å². The predicted molar refractivity (Wildman–Crippen MR) is 100 cm³/mol. The molecule has 1 heterocycles. The van der Waals surface area contributed by atoms with Crippen LogP contribution in [-0.4, -0.2) is 44.2 Å². The van der Waals surface area contributed by atoms with Crippen LogP contribution in [0.25, 0.3) is 0 Å². The Kier molecular flexibility index (Phi) is 7.45. The number of ether oxygens (including phenoxy) is 2. The smallest absolute Gasteiger partial charge is 0.220 e. The maximum absolute atomic E-state index is 12.3. The largest absolute Gasteiger partial charge is 0.497 e. The Labute approximate surface area is 155 Å². The van der Waals surface area contributed by atoms with E-state index in [1.165, 1.54) is 0 Å². The van der Waals surface area contributed by atoms with Gasteiger partial charge in [0.25, 0.3) is 0 Å². The zero-order valence-corrected chi connectivity index (χ0v) is 16.0. The molecule has 26 heavy (non-hydrogen) atoms. The lowest BCUT2D eigenvalue weighted by Crippen LogP contribution is -2.45. The van der Waals surface area contributed by atoms with Gasteiger partial charge in [-0.15, -0.1) is 0 Å². The zero-order valence-electron chi connectivity index (χ0n) is 16.0. The van der Waals surface area contributed by atoms with Gasteiger partial charge in [-0.25, -0.2) is 0 Å². The molecule has 2 atom stereocenters. The van der Waals surface area contributed by atoms with Crippen molar-refractivity contribution in [3.63, 3.8) is 0 Å². The summed E-state index contributed by atoms with van der Waals surface area (Å²) in [5.41, 5.74) is 0.769. The first-order chi connectivity index (χ1) is 12.5. The molecule has 1 saturated heterocycles. The molecule has 0 spiro atoms. The summed E-state index contributed by atoms with van der Waals surface area (Å²) in [6.45, 7) is 2.53. The third-order valence-electron chi connectivity index (χ3n) is 4.99. The quantitative estimate of drug-likeness (QED) is 0.669. The molecule has 0 bridgehead atoms. The van der Waals surface area contributed by atoms with Gasteiger partial charge in [-0.05, 0) is 43.4 Å². The molecular formula is C20H30N2O4. The van der Waals surface area contributed by atoms with Crippen molar-refractivity contribution >= 4 is 11.8 Å². The number of hydrogen-bond donors (Lipinski definition) is 2. The van der Waals surface area contributed by atoms with Crippen LogP contribution in [-0.2, 0) is 20.7 Å². The average Bonchev–Trinajstić information content (AvgIpc) is 3.01. The highest BCUT2D eigenvalue weighted by Crippen LogP contribution is 2.30. The lowest BCUT2D eigenvalue weighted by molar-refractivity contribution is -0.123. The van der Waals surface area contributed by atoms with Crippen LogP contribution >= 0.6 is 0 Å². The summed E-state index contributed by atoms with van der Waals surface area (Å²) < 4.78 is 10.3. The molecule has 1 fully saturated rings. The van der Waals surface area contributed by atoms with Crippen molar-refractivity contribution in [3.05, 3.63) is 29.8 Å². The second-order valence-corrected chi connectivity index (χ2v) is 6.98. The van der Waals surface area contributed by atoms with Crippen LogP contribution in [0.15, 0.2) is 24.3 Å². The fourth-order valence-corrected chi connectivity index (χ4v) is 3.43. The minimum atomic E-state index is -0.355. The Hall–Kier alpha value is -2.08. The summed E-state index contributed by atoms with van der Waals surface area (Å²) in [6.07, 6.45) is 3.81. The van der Waals surface area contributed by atoms with Crippen LogP contribution in [0.5, 0.6) is 5.75 Å². The van der Waals surface area contributed by atoms with Gasteiger partial charge in [-0.2, -0.15) is 0 Å². The van der Waals surface area contributed by atoms with Crippen LogP contribution < -0.4 is 15.4 Å². The molecule has 6 heteroatoms. The number of methoxy groups -OCH3 is 2. The van der Waals surface area contributed by atoms with Crippen LogP contribution in [0.4, 0.5) is 0 Å². The predicted octanol–water partition coefficient (Wildman–Crippen LogP) is 2.21. The first kappa shape index (κ1) is 20.2. The maximum atomic E-state index is 12.3. The van der Waals surface area contributed by atoms with E-state index in [1.54, 1.807) is 14.2 Å². The van der Waals surface area contributed by atoms with Crippen molar-refractivity contribution in [2.75, 3.05) is 20.8 Å². The van der Waals surface area contributed by atoms with E-state index in [-0.39, 0.29) is 23.4 Å². The zero-order chi connectivity index (χ0) is 19.0. The molecule has 2 amide bonds. The van der Waals surface area contributed by atoms with Gasteiger partial charge in [0.05, 0.1) is 19.8 Å². The molecule has 0 radical (unpaired) electrons. The Balaban J connectivity index is 1.97. The summed E-state index contributed by atoms with van der Waals surface area (Å²) in [4.78, 5) is 24.2. The van der Waals surface area contributed by atoms with Crippen molar-refractivity contribution in [3.8, 4) is 5.75 Å². The molecule has 0 aromatic heterocycles. The summed E-state index contributed by atoms with van der Waals surface area (Å²) in [5, 5.41) is 6.12. The fraction of sp³-hybridized carbons (Fsp3) is 0.600. The molecule has 1 aromatic rings. The minimum Gasteiger partial charge on any atom is -0.497 e. The number of rotatable bonds is 10. The normalized spacial score (nSPS) is 20.5. The standard InChI is InChI=1S/C20H30N2O4/c1-4-16(14-25-2)21-18(23)9-11-20(12-10-19(24)22-20)13-15-5-7-17(26-3)8-6-15/h5-8,16H,4,9-14H2,1-3H3,(H,21,23)(H,22,24)/t16-,20-/m0/s1. The Morgan fingerprint density at radius 3 is 2.58 bits per heavy atom. The third kappa shape index (κ3) is 5.73. The second-order valence-electron chi connectivity index (χ2n) is 6.98. The molecular weight excluding hydrogens is 332 g/mol. The Bertz CT molecular complexity index is 602. The number of benzene rings is 1. The Morgan fingerprint density at radius 2 is 2.04 bits per heavy atom. The first-order valence-electron chi connectivity index (χ1n) is 9.22. The third-order valence-corrected chi connectivity index (χ3v) is 4.99. The summed E-state index contributed by atoms with van der Waals surface area (Å²) in [5.74, 6) is 0.871. The molecule has 0 aliphatic carbocycles. The van der Waals surface area contributed by atoms with Gasteiger partial charge in [0.15, 0.2) is 0 Å². The van der Waals surface area contributed by atoms with Crippen LogP contribution in [0, 0.1) is 0 Å². The van der Waals surface area contributed by atoms with Crippen molar-refractivity contribution in [1.29, 1.82) is 0 Å². The second kappa shape index (κ2) is 9.57. The highest BCUT2D eigenvalue weighted by atomic mass is 16.5. The van der Waals surface area contributed by atoms with E-state index in [4.69, 9.17) is 9.47 Å². The van der Waals surface area contributed by atoms with E-state index < -0.39 is 0 Å². The van der Waals surface area contributed by atoms with Gasteiger partial charge >= 0.3 is 0 Å². The molecule has 144 valence electrons. The van der Waals surface area contributed by atoms with Crippen molar-refractivity contribution < 1.29 is 19.1 Å². The van der Waals surface area contributed by atoms with E-state index in [1.807, 2.05) is 31.2 Å². The summed E-state index contributed by atoms with van der Waals surface area (Å²) in [6, 6.07) is 7.89. The van der Waals surface area contributed by atoms with Crippen LogP contribution in [0.1, 0.15) is 44.6 Å². The number of nitrogens with one attached hydrogen (secondary N) is 2. The highest BCUT2D eigenvalue weighted by molar-refractivity contribution is 5.80. The highest BCUT2D eigenvalue weighted by Gasteiger charge is 2.37. The van der Waals surface area contributed by atoms with Crippen molar-refractivity contribution in [2.45, 2.75) is 57.0 Å². The monoisotopic (exact) mass is 362 g/mol. The summed E-state index contributed by atoms with van der Waals surface area (Å²) in [7, 11) is 3.27.